The molecule has 0 saturated heterocycles. The van der Waals surface area contributed by atoms with Gasteiger partial charge in [0.25, 0.3) is 0 Å². The van der Waals surface area contributed by atoms with Crippen LogP contribution in [0.3, 0.4) is 0 Å². The van der Waals surface area contributed by atoms with Gasteiger partial charge in [-0.1, -0.05) is 45.0 Å². The third-order valence-electron chi connectivity index (χ3n) is 4.08. The lowest BCUT2D eigenvalue weighted by atomic mass is 9.83. The number of aryl methyl sites for hydroxylation is 1. The van der Waals surface area contributed by atoms with E-state index in [1.807, 2.05) is 0 Å². The third kappa shape index (κ3) is 4.79. The summed E-state index contributed by atoms with van der Waals surface area (Å²) >= 11 is 6.42. The van der Waals surface area contributed by atoms with Crippen molar-refractivity contribution in [3.05, 3.63) is 35.4 Å². The second-order valence-corrected chi connectivity index (χ2v) is 7.93. The summed E-state index contributed by atoms with van der Waals surface area (Å²) in [5.74, 6) is 0.665. The van der Waals surface area contributed by atoms with E-state index in [0.717, 1.165) is 19.5 Å². The quantitative estimate of drug-likeness (QED) is 0.773. The van der Waals surface area contributed by atoms with Crippen LogP contribution in [-0.4, -0.2) is 18.5 Å². The topological polar surface area (TPSA) is 12.0 Å². The van der Waals surface area contributed by atoms with Crippen LogP contribution in [0.4, 0.5) is 0 Å². The Balaban J connectivity index is 1.81. The lowest BCUT2D eigenvalue weighted by molar-refractivity contribution is 0.362. The van der Waals surface area contributed by atoms with Crippen molar-refractivity contribution in [3.8, 4) is 0 Å². The summed E-state index contributed by atoms with van der Waals surface area (Å²) in [5, 5.41) is 3.82. The van der Waals surface area contributed by atoms with Gasteiger partial charge in [0, 0.05) is 18.5 Å². The van der Waals surface area contributed by atoms with Gasteiger partial charge in [0.05, 0.1) is 0 Å². The summed E-state index contributed by atoms with van der Waals surface area (Å²) in [4.78, 5) is 0. The number of fused-ring (bicyclic) bond motifs is 1. The van der Waals surface area contributed by atoms with Crippen LogP contribution < -0.4 is 5.32 Å². The van der Waals surface area contributed by atoms with Gasteiger partial charge in [0.2, 0.25) is 0 Å². The molecule has 0 fully saturated rings. The molecular formula is C18H28ClN. The van der Waals surface area contributed by atoms with Crippen LogP contribution in [-0.2, 0) is 6.42 Å². The van der Waals surface area contributed by atoms with Crippen LogP contribution >= 0.6 is 11.6 Å². The summed E-state index contributed by atoms with van der Waals surface area (Å²) < 4.78 is 0. The zero-order valence-corrected chi connectivity index (χ0v) is 13.8. The highest BCUT2D eigenvalue weighted by Crippen LogP contribution is 2.31. The number of alkyl halides is 1. The minimum Gasteiger partial charge on any atom is -0.315 e. The normalized spacial score (nSPS) is 20.5. The maximum absolute atomic E-state index is 6.42. The van der Waals surface area contributed by atoms with E-state index in [0.29, 0.717) is 11.3 Å². The van der Waals surface area contributed by atoms with Crippen molar-refractivity contribution in [2.75, 3.05) is 13.1 Å². The molecule has 2 heteroatoms. The average molecular weight is 294 g/mol. The molecule has 20 heavy (non-hydrogen) atoms. The van der Waals surface area contributed by atoms with Crippen LogP contribution in [0.25, 0.3) is 0 Å². The predicted molar refractivity (Wildman–Crippen MR) is 88.7 cm³/mol. The molecule has 1 aliphatic carbocycles. The Bertz CT molecular complexity index is 422. The summed E-state index contributed by atoms with van der Waals surface area (Å²) in [6, 6.07) is 8.91. The van der Waals surface area contributed by atoms with E-state index in [1.54, 1.807) is 11.1 Å². The molecule has 0 aliphatic heterocycles. The highest BCUT2D eigenvalue weighted by atomic mass is 35.5. The zero-order valence-electron chi connectivity index (χ0n) is 13.1. The SMILES string of the molecule is CC(C)(C)CC(Cl)CNCC1CCCc2ccccc21. The molecular weight excluding hydrogens is 266 g/mol. The number of rotatable bonds is 5. The Morgan fingerprint density at radius 1 is 1.30 bits per heavy atom. The smallest absolute Gasteiger partial charge is 0.0465 e. The van der Waals surface area contributed by atoms with Crippen molar-refractivity contribution >= 4 is 11.6 Å². The third-order valence-corrected chi connectivity index (χ3v) is 4.39. The monoisotopic (exact) mass is 293 g/mol. The molecule has 1 nitrogen and oxygen atoms in total. The molecule has 1 aliphatic rings. The molecule has 2 atom stereocenters. The fraction of sp³-hybridized carbons (Fsp3) is 0.667. The van der Waals surface area contributed by atoms with E-state index in [1.165, 1.54) is 19.3 Å². The van der Waals surface area contributed by atoms with Crippen LogP contribution in [0, 0.1) is 5.41 Å². The largest absolute Gasteiger partial charge is 0.315 e. The van der Waals surface area contributed by atoms with E-state index in [-0.39, 0.29) is 5.38 Å². The van der Waals surface area contributed by atoms with E-state index < -0.39 is 0 Å². The van der Waals surface area contributed by atoms with E-state index >= 15 is 0 Å². The Labute approximate surface area is 129 Å². The number of nitrogens with one attached hydrogen (secondary N) is 1. The molecule has 0 saturated carbocycles. The minimum absolute atomic E-state index is 0.230. The van der Waals surface area contributed by atoms with Gasteiger partial charge < -0.3 is 5.32 Å². The van der Waals surface area contributed by atoms with Crippen LogP contribution in [0.5, 0.6) is 0 Å². The van der Waals surface area contributed by atoms with E-state index in [4.69, 9.17) is 11.6 Å². The lowest BCUT2D eigenvalue weighted by Crippen LogP contribution is -2.31. The first-order valence-corrected chi connectivity index (χ1v) is 8.32. The second kappa shape index (κ2) is 6.95. The molecule has 1 aromatic carbocycles. The molecule has 1 aromatic rings. The van der Waals surface area contributed by atoms with Crippen molar-refractivity contribution < 1.29 is 0 Å². The van der Waals surface area contributed by atoms with Crippen LogP contribution in [0.15, 0.2) is 24.3 Å². The summed E-state index contributed by atoms with van der Waals surface area (Å²) in [5.41, 5.74) is 3.40. The number of benzene rings is 1. The van der Waals surface area contributed by atoms with Gasteiger partial charge in [-0.25, -0.2) is 0 Å². The molecule has 1 N–H and O–H groups in total. The van der Waals surface area contributed by atoms with Crippen molar-refractivity contribution in [1.82, 2.24) is 5.32 Å². The van der Waals surface area contributed by atoms with E-state index in [9.17, 15) is 0 Å². The van der Waals surface area contributed by atoms with Crippen molar-refractivity contribution in [3.63, 3.8) is 0 Å². The van der Waals surface area contributed by atoms with Gasteiger partial charge in [-0.15, -0.1) is 11.6 Å². The highest BCUT2D eigenvalue weighted by molar-refractivity contribution is 6.20. The highest BCUT2D eigenvalue weighted by Gasteiger charge is 2.20. The Morgan fingerprint density at radius 2 is 2.05 bits per heavy atom. The number of hydrogen-bond donors (Lipinski definition) is 1. The first kappa shape index (κ1) is 15.9. The maximum Gasteiger partial charge on any atom is 0.0465 e. The van der Waals surface area contributed by atoms with Crippen molar-refractivity contribution in [2.24, 2.45) is 5.41 Å². The van der Waals surface area contributed by atoms with Gasteiger partial charge in [0.15, 0.2) is 0 Å². The maximum atomic E-state index is 6.42. The Kier molecular flexibility index (Phi) is 5.51. The Morgan fingerprint density at radius 3 is 2.80 bits per heavy atom. The molecule has 0 amide bonds. The molecule has 2 rings (SSSR count). The Hall–Kier alpha value is -0.530. The van der Waals surface area contributed by atoms with Crippen molar-refractivity contribution in [1.29, 1.82) is 0 Å². The van der Waals surface area contributed by atoms with Crippen molar-refractivity contribution in [2.45, 2.75) is 57.7 Å². The molecule has 112 valence electrons. The molecule has 0 heterocycles. The van der Waals surface area contributed by atoms with Crippen LogP contribution in [0.1, 0.15) is 57.1 Å². The molecule has 0 aromatic heterocycles. The predicted octanol–water partition coefficient (Wildman–Crippen LogP) is 4.74. The second-order valence-electron chi connectivity index (χ2n) is 7.31. The first-order valence-electron chi connectivity index (χ1n) is 7.88. The number of halogens is 1. The molecule has 0 radical (unpaired) electrons. The van der Waals surface area contributed by atoms with E-state index in [2.05, 4.69) is 50.4 Å². The lowest BCUT2D eigenvalue weighted by Gasteiger charge is -2.27. The molecule has 0 bridgehead atoms. The standard InChI is InChI=1S/C18H28ClN/c1-18(2,3)11-16(19)13-20-12-15-9-6-8-14-7-4-5-10-17(14)15/h4-5,7,10,15-16,20H,6,8-9,11-13H2,1-3H3. The van der Waals surface area contributed by atoms with Gasteiger partial charge in [-0.05, 0) is 48.1 Å². The summed E-state index contributed by atoms with van der Waals surface area (Å²) in [7, 11) is 0. The molecule has 0 spiro atoms. The minimum atomic E-state index is 0.230. The average Bonchev–Trinajstić information content (AvgIpc) is 2.37. The fourth-order valence-electron chi connectivity index (χ4n) is 3.22. The zero-order chi connectivity index (χ0) is 14.6. The van der Waals surface area contributed by atoms with Gasteiger partial charge in [-0.3, -0.25) is 0 Å². The van der Waals surface area contributed by atoms with Crippen LogP contribution in [0.2, 0.25) is 0 Å². The first-order chi connectivity index (χ1) is 9.46. The fourth-order valence-corrected chi connectivity index (χ4v) is 3.79. The number of hydrogen-bond acceptors (Lipinski definition) is 1. The van der Waals surface area contributed by atoms with Gasteiger partial charge in [0.1, 0.15) is 0 Å². The van der Waals surface area contributed by atoms with Gasteiger partial charge >= 0.3 is 0 Å². The van der Waals surface area contributed by atoms with Gasteiger partial charge in [-0.2, -0.15) is 0 Å². The molecule has 2 unspecified atom stereocenters. The summed E-state index contributed by atoms with van der Waals surface area (Å²) in [6.45, 7) is 8.72. The summed E-state index contributed by atoms with van der Waals surface area (Å²) in [6.07, 6.45) is 4.92.